The van der Waals surface area contributed by atoms with Gasteiger partial charge in [-0.15, -0.1) is 0 Å². The third-order valence-electron chi connectivity index (χ3n) is 3.92. The van der Waals surface area contributed by atoms with Crippen molar-refractivity contribution < 1.29 is 18.8 Å². The average Bonchev–Trinajstić information content (AvgIpc) is 2.62. The van der Waals surface area contributed by atoms with Crippen molar-refractivity contribution in [3.05, 3.63) is 11.5 Å². The van der Waals surface area contributed by atoms with E-state index in [1.54, 1.807) is 4.90 Å². The van der Waals surface area contributed by atoms with Crippen LogP contribution in [0.4, 0.5) is 4.79 Å². The first-order valence-corrected chi connectivity index (χ1v) is 7.58. The highest BCUT2D eigenvalue weighted by Crippen LogP contribution is 2.31. The minimum atomic E-state index is -0.460. The second-order valence-electron chi connectivity index (χ2n) is 7.29. The predicted octanol–water partition coefficient (Wildman–Crippen LogP) is 2.79. The second-order valence-corrected chi connectivity index (χ2v) is 7.29. The Morgan fingerprint density at radius 3 is 2.57 bits per heavy atom. The van der Waals surface area contributed by atoms with E-state index in [-0.39, 0.29) is 24.9 Å². The van der Waals surface area contributed by atoms with Gasteiger partial charge in [0.05, 0.1) is 11.7 Å². The Bertz CT molecular complexity index is 441. The summed E-state index contributed by atoms with van der Waals surface area (Å²) in [5, 5.41) is 0. The van der Waals surface area contributed by atoms with Gasteiger partial charge in [-0.3, -0.25) is 0 Å². The quantitative estimate of drug-likeness (QED) is 0.698. The lowest BCUT2D eigenvalue weighted by Gasteiger charge is -2.30. The number of rotatable bonds is 1. The van der Waals surface area contributed by atoms with Gasteiger partial charge in [-0.25, -0.2) is 4.79 Å². The number of amides is 1. The fraction of sp³-hybridized carbons (Fsp3) is 0.800. The van der Waals surface area contributed by atoms with E-state index in [2.05, 4.69) is 0 Å². The molecule has 0 radical (unpaired) electrons. The van der Waals surface area contributed by atoms with Gasteiger partial charge in [-0.2, -0.15) is 0 Å². The summed E-state index contributed by atoms with van der Waals surface area (Å²) >= 11 is 0. The molecule has 21 heavy (non-hydrogen) atoms. The van der Waals surface area contributed by atoms with Crippen LogP contribution in [0.5, 0.6) is 0 Å². The Morgan fingerprint density at radius 2 is 2.14 bits per heavy atom. The Kier molecular flexibility index (Phi) is 4.40. The summed E-state index contributed by atoms with van der Waals surface area (Å²) in [4.78, 5) is 13.7. The molecule has 0 bridgehead atoms. The maximum Gasteiger partial charge on any atom is 0.490 e. The van der Waals surface area contributed by atoms with E-state index in [0.717, 1.165) is 11.9 Å². The number of hydrogen-bond donors (Lipinski definition) is 0. The summed E-state index contributed by atoms with van der Waals surface area (Å²) in [7, 11) is -0.282. The molecule has 1 fully saturated rings. The molecule has 2 rings (SSSR count). The molecule has 118 valence electrons. The maximum atomic E-state index is 12.0. The van der Waals surface area contributed by atoms with Gasteiger partial charge in [0.2, 0.25) is 0 Å². The third-order valence-corrected chi connectivity index (χ3v) is 3.92. The fourth-order valence-electron chi connectivity index (χ4n) is 2.30. The standard InChI is InChI=1S/C15H26BNO4/c1-11-15(5,6)21-16(20-11)12-7-9-17(10-8-12)13(18)19-14(2,3)4/h7,11H,8-10H2,1-6H3. The van der Waals surface area contributed by atoms with Crippen LogP contribution in [0.15, 0.2) is 11.5 Å². The summed E-state index contributed by atoms with van der Waals surface area (Å²) in [5.74, 6) is 0. The van der Waals surface area contributed by atoms with E-state index < -0.39 is 5.60 Å². The van der Waals surface area contributed by atoms with Crippen LogP contribution in [-0.2, 0) is 14.0 Å². The van der Waals surface area contributed by atoms with Crippen LogP contribution in [0, 0.1) is 0 Å². The zero-order chi connectivity index (χ0) is 15.8. The summed E-state index contributed by atoms with van der Waals surface area (Å²) < 4.78 is 17.2. The van der Waals surface area contributed by atoms with Gasteiger partial charge in [0.1, 0.15) is 5.60 Å². The van der Waals surface area contributed by atoms with Crippen molar-refractivity contribution in [2.45, 2.75) is 65.3 Å². The lowest BCUT2D eigenvalue weighted by atomic mass is 9.75. The van der Waals surface area contributed by atoms with E-state index in [9.17, 15) is 4.79 Å². The molecule has 2 aliphatic rings. The number of carbonyl (C=O) groups is 1. The second kappa shape index (κ2) is 5.65. The minimum absolute atomic E-state index is 0.0623. The SMILES string of the molecule is CC1OB(C2=CCN(C(=O)OC(C)(C)C)CC2)OC1(C)C. The fourth-order valence-corrected chi connectivity index (χ4v) is 2.30. The van der Waals surface area contributed by atoms with E-state index in [1.807, 2.05) is 47.6 Å². The molecule has 0 N–H and O–H groups in total. The normalized spacial score (nSPS) is 25.8. The molecule has 1 unspecified atom stereocenters. The van der Waals surface area contributed by atoms with Crippen LogP contribution in [0.25, 0.3) is 0 Å². The van der Waals surface area contributed by atoms with Crippen molar-refractivity contribution in [2.24, 2.45) is 0 Å². The highest BCUT2D eigenvalue weighted by atomic mass is 16.7. The Hall–Kier alpha value is -1.01. The van der Waals surface area contributed by atoms with Crippen LogP contribution in [0.1, 0.15) is 48.0 Å². The highest BCUT2D eigenvalue weighted by molar-refractivity contribution is 6.54. The van der Waals surface area contributed by atoms with Gasteiger partial charge in [0.25, 0.3) is 0 Å². The van der Waals surface area contributed by atoms with E-state index in [4.69, 9.17) is 14.0 Å². The molecule has 2 aliphatic heterocycles. The summed E-state index contributed by atoms with van der Waals surface area (Å²) in [6.07, 6.45) is 2.57. The molecule has 0 saturated carbocycles. The number of nitrogens with zero attached hydrogens (tertiary/aromatic N) is 1. The largest absolute Gasteiger partial charge is 0.490 e. The number of carbonyl (C=O) groups excluding carboxylic acids is 1. The molecule has 1 amide bonds. The van der Waals surface area contributed by atoms with Crippen LogP contribution in [-0.4, -0.2) is 48.5 Å². The van der Waals surface area contributed by atoms with Gasteiger partial charge in [0, 0.05) is 13.1 Å². The van der Waals surface area contributed by atoms with Crippen molar-refractivity contribution >= 4 is 13.2 Å². The Balaban J connectivity index is 1.93. The van der Waals surface area contributed by atoms with Gasteiger partial charge >= 0.3 is 13.2 Å². The first kappa shape index (κ1) is 16.4. The molecule has 0 spiro atoms. The summed E-state index contributed by atoms with van der Waals surface area (Å²) in [6.45, 7) is 12.9. The molecule has 1 saturated heterocycles. The van der Waals surface area contributed by atoms with Crippen LogP contribution >= 0.6 is 0 Å². The van der Waals surface area contributed by atoms with E-state index in [1.165, 1.54) is 0 Å². The van der Waals surface area contributed by atoms with Crippen molar-refractivity contribution in [1.82, 2.24) is 4.90 Å². The third kappa shape index (κ3) is 4.01. The lowest BCUT2D eigenvalue weighted by Crippen LogP contribution is -2.40. The minimum Gasteiger partial charge on any atom is -0.444 e. The molecule has 0 aromatic carbocycles. The molecule has 1 atom stereocenters. The lowest BCUT2D eigenvalue weighted by molar-refractivity contribution is 0.0266. The molecule has 0 aliphatic carbocycles. The van der Waals surface area contributed by atoms with Gasteiger partial charge < -0.3 is 18.9 Å². The monoisotopic (exact) mass is 295 g/mol. The average molecular weight is 295 g/mol. The van der Waals surface area contributed by atoms with Crippen molar-refractivity contribution in [3.8, 4) is 0 Å². The van der Waals surface area contributed by atoms with Gasteiger partial charge in [-0.05, 0) is 53.4 Å². The first-order chi connectivity index (χ1) is 9.58. The zero-order valence-corrected chi connectivity index (χ0v) is 13.9. The predicted molar refractivity (Wildman–Crippen MR) is 82.0 cm³/mol. The molecule has 6 heteroatoms. The van der Waals surface area contributed by atoms with Crippen LogP contribution in [0.2, 0.25) is 0 Å². The summed E-state index contributed by atoms with van der Waals surface area (Å²) in [6, 6.07) is 0. The molecule has 0 aromatic heterocycles. The van der Waals surface area contributed by atoms with Crippen LogP contribution < -0.4 is 0 Å². The first-order valence-electron chi connectivity index (χ1n) is 7.58. The number of ether oxygens (including phenoxy) is 1. The maximum absolute atomic E-state index is 12.0. The van der Waals surface area contributed by atoms with Crippen molar-refractivity contribution in [1.29, 1.82) is 0 Å². The van der Waals surface area contributed by atoms with Gasteiger partial charge in [0.15, 0.2) is 0 Å². The molecular formula is C15H26BNO4. The van der Waals surface area contributed by atoms with Crippen molar-refractivity contribution in [2.75, 3.05) is 13.1 Å². The van der Waals surface area contributed by atoms with E-state index >= 15 is 0 Å². The Morgan fingerprint density at radius 1 is 1.48 bits per heavy atom. The summed E-state index contributed by atoms with van der Waals surface area (Å²) in [5.41, 5.74) is 0.388. The molecule has 0 aromatic rings. The van der Waals surface area contributed by atoms with E-state index in [0.29, 0.717) is 13.1 Å². The smallest absolute Gasteiger partial charge is 0.444 e. The van der Waals surface area contributed by atoms with Gasteiger partial charge in [-0.1, -0.05) is 6.08 Å². The molecule has 2 heterocycles. The molecular weight excluding hydrogens is 269 g/mol. The number of hydrogen-bond acceptors (Lipinski definition) is 4. The highest BCUT2D eigenvalue weighted by Gasteiger charge is 2.45. The van der Waals surface area contributed by atoms with Crippen LogP contribution in [0.3, 0.4) is 0 Å². The topological polar surface area (TPSA) is 48.0 Å². The Labute approximate surface area is 127 Å². The zero-order valence-electron chi connectivity index (χ0n) is 13.9. The van der Waals surface area contributed by atoms with Crippen molar-refractivity contribution in [3.63, 3.8) is 0 Å². The molecule has 5 nitrogen and oxygen atoms in total.